The highest BCUT2D eigenvalue weighted by molar-refractivity contribution is 5.85. The standard InChI is InChI=1S/C9H7NO6/c11-5-6(12)8(10-9(13)14)16-7(5)4-2-1-3-15-4/h1-3,10-12H,(H,13,14). The van der Waals surface area contributed by atoms with Crippen molar-refractivity contribution in [3.8, 4) is 23.0 Å². The van der Waals surface area contributed by atoms with Gasteiger partial charge in [-0.1, -0.05) is 0 Å². The number of amides is 1. The molecule has 4 N–H and O–H groups in total. The summed E-state index contributed by atoms with van der Waals surface area (Å²) in [4.78, 5) is 10.3. The molecule has 2 heterocycles. The summed E-state index contributed by atoms with van der Waals surface area (Å²) in [5.41, 5.74) is 0. The molecule has 0 unspecified atom stereocenters. The molecule has 2 aromatic heterocycles. The maximum atomic E-state index is 10.3. The molecule has 0 aliphatic rings. The number of hydrogen-bond donors (Lipinski definition) is 4. The van der Waals surface area contributed by atoms with E-state index in [2.05, 4.69) is 0 Å². The van der Waals surface area contributed by atoms with Crippen LogP contribution >= 0.6 is 0 Å². The Morgan fingerprint density at radius 3 is 2.62 bits per heavy atom. The quantitative estimate of drug-likeness (QED) is 0.621. The highest BCUT2D eigenvalue weighted by Crippen LogP contribution is 2.45. The molecule has 0 saturated heterocycles. The number of carboxylic acid groups (broad SMARTS) is 1. The predicted octanol–water partition coefficient (Wildman–Crippen LogP) is 2.04. The number of nitrogens with one attached hydrogen (secondary N) is 1. The third-order valence-electron chi connectivity index (χ3n) is 1.82. The van der Waals surface area contributed by atoms with Crippen molar-refractivity contribution in [2.75, 3.05) is 5.32 Å². The highest BCUT2D eigenvalue weighted by atomic mass is 16.4. The average Bonchev–Trinajstić information content (AvgIpc) is 2.81. The van der Waals surface area contributed by atoms with Crippen molar-refractivity contribution in [3.63, 3.8) is 0 Å². The van der Waals surface area contributed by atoms with E-state index in [9.17, 15) is 15.0 Å². The Bertz CT molecular complexity index is 512. The first-order chi connectivity index (χ1) is 7.59. The molecule has 2 aromatic rings. The minimum atomic E-state index is -1.42. The fourth-order valence-electron chi connectivity index (χ4n) is 1.17. The average molecular weight is 225 g/mol. The van der Waals surface area contributed by atoms with Crippen LogP contribution in [0.1, 0.15) is 0 Å². The van der Waals surface area contributed by atoms with E-state index < -0.39 is 23.5 Å². The minimum Gasteiger partial charge on any atom is -0.501 e. The molecule has 1 amide bonds. The van der Waals surface area contributed by atoms with Crippen LogP contribution in [-0.2, 0) is 0 Å². The molecule has 0 aliphatic heterocycles. The smallest absolute Gasteiger partial charge is 0.411 e. The lowest BCUT2D eigenvalue weighted by atomic mass is 10.3. The molecule has 2 rings (SSSR count). The molecule has 0 atom stereocenters. The number of anilines is 1. The van der Waals surface area contributed by atoms with Gasteiger partial charge in [0.05, 0.1) is 6.26 Å². The molecular formula is C9H7NO6. The summed E-state index contributed by atoms with van der Waals surface area (Å²) in [5, 5.41) is 29.1. The Morgan fingerprint density at radius 2 is 2.06 bits per heavy atom. The van der Waals surface area contributed by atoms with E-state index in [0.717, 1.165) is 0 Å². The minimum absolute atomic E-state index is 0.147. The number of carbonyl (C=O) groups is 1. The molecule has 7 heteroatoms. The highest BCUT2D eigenvalue weighted by Gasteiger charge is 2.23. The van der Waals surface area contributed by atoms with E-state index in [-0.39, 0.29) is 11.5 Å². The lowest BCUT2D eigenvalue weighted by molar-refractivity contribution is 0.209. The monoisotopic (exact) mass is 225 g/mol. The first-order valence-electron chi connectivity index (χ1n) is 4.18. The molecule has 0 radical (unpaired) electrons. The lowest BCUT2D eigenvalue weighted by Crippen LogP contribution is -2.06. The third-order valence-corrected chi connectivity index (χ3v) is 1.82. The zero-order valence-electron chi connectivity index (χ0n) is 7.80. The molecule has 0 spiro atoms. The zero-order chi connectivity index (χ0) is 11.7. The fourth-order valence-corrected chi connectivity index (χ4v) is 1.17. The SMILES string of the molecule is O=C(O)Nc1oc(-c2ccco2)c(O)c1O. The summed E-state index contributed by atoms with van der Waals surface area (Å²) in [5.74, 6) is -1.71. The maximum absolute atomic E-state index is 10.3. The van der Waals surface area contributed by atoms with Gasteiger partial charge in [0.25, 0.3) is 0 Å². The molecule has 0 fully saturated rings. The van der Waals surface area contributed by atoms with Crippen molar-refractivity contribution < 1.29 is 28.9 Å². The maximum Gasteiger partial charge on any atom is 0.411 e. The van der Waals surface area contributed by atoms with E-state index in [4.69, 9.17) is 13.9 Å². The molecule has 0 bridgehead atoms. The summed E-state index contributed by atoms with van der Waals surface area (Å²) in [7, 11) is 0. The van der Waals surface area contributed by atoms with Gasteiger partial charge in [-0.05, 0) is 12.1 Å². The summed E-state index contributed by atoms with van der Waals surface area (Å²) in [6.07, 6.45) is -0.0754. The van der Waals surface area contributed by atoms with Crippen molar-refractivity contribution in [2.24, 2.45) is 0 Å². The van der Waals surface area contributed by atoms with Crippen molar-refractivity contribution in [2.45, 2.75) is 0 Å². The first kappa shape index (κ1) is 9.97. The summed E-state index contributed by atoms with van der Waals surface area (Å²) in [6, 6.07) is 3.04. The van der Waals surface area contributed by atoms with Crippen LogP contribution in [0.15, 0.2) is 27.2 Å². The van der Waals surface area contributed by atoms with Crippen LogP contribution in [-0.4, -0.2) is 21.4 Å². The Hall–Kier alpha value is -2.57. The van der Waals surface area contributed by atoms with Gasteiger partial charge in [0.2, 0.25) is 23.1 Å². The van der Waals surface area contributed by atoms with Crippen molar-refractivity contribution >= 4 is 12.0 Å². The molecule has 7 nitrogen and oxygen atoms in total. The molecular weight excluding hydrogens is 218 g/mol. The largest absolute Gasteiger partial charge is 0.501 e. The van der Waals surface area contributed by atoms with E-state index in [1.165, 1.54) is 12.3 Å². The van der Waals surface area contributed by atoms with Gasteiger partial charge in [-0.25, -0.2) is 4.79 Å². The normalized spacial score (nSPS) is 10.2. The third kappa shape index (κ3) is 1.54. The topological polar surface area (TPSA) is 116 Å². The second-order valence-corrected chi connectivity index (χ2v) is 2.86. The Balaban J connectivity index is 2.45. The molecule has 0 saturated carbocycles. The van der Waals surface area contributed by atoms with Crippen molar-refractivity contribution in [1.29, 1.82) is 0 Å². The van der Waals surface area contributed by atoms with E-state index >= 15 is 0 Å². The van der Waals surface area contributed by atoms with Crippen LogP contribution in [0.25, 0.3) is 11.5 Å². The van der Waals surface area contributed by atoms with Crippen molar-refractivity contribution in [3.05, 3.63) is 18.4 Å². The Kier molecular flexibility index (Phi) is 2.20. The van der Waals surface area contributed by atoms with Gasteiger partial charge in [-0.15, -0.1) is 0 Å². The molecule has 0 aromatic carbocycles. The predicted molar refractivity (Wildman–Crippen MR) is 51.4 cm³/mol. The first-order valence-corrected chi connectivity index (χ1v) is 4.18. The van der Waals surface area contributed by atoms with Gasteiger partial charge in [0.15, 0.2) is 5.76 Å². The molecule has 16 heavy (non-hydrogen) atoms. The lowest BCUT2D eigenvalue weighted by Gasteiger charge is -1.93. The molecule has 84 valence electrons. The number of aromatic hydroxyl groups is 2. The van der Waals surface area contributed by atoms with Gasteiger partial charge in [0.1, 0.15) is 0 Å². The van der Waals surface area contributed by atoms with Crippen LogP contribution in [0.3, 0.4) is 0 Å². The Morgan fingerprint density at radius 1 is 1.31 bits per heavy atom. The van der Waals surface area contributed by atoms with Crippen LogP contribution in [0.4, 0.5) is 10.7 Å². The van der Waals surface area contributed by atoms with E-state index in [1.807, 2.05) is 0 Å². The number of furan rings is 2. The van der Waals surface area contributed by atoms with Crippen LogP contribution < -0.4 is 5.32 Å². The van der Waals surface area contributed by atoms with Crippen LogP contribution in [0.2, 0.25) is 0 Å². The van der Waals surface area contributed by atoms with Crippen LogP contribution in [0, 0.1) is 0 Å². The van der Waals surface area contributed by atoms with E-state index in [1.54, 1.807) is 11.4 Å². The summed E-state index contributed by atoms with van der Waals surface area (Å²) in [6.45, 7) is 0. The summed E-state index contributed by atoms with van der Waals surface area (Å²) >= 11 is 0. The van der Waals surface area contributed by atoms with Gasteiger partial charge >= 0.3 is 6.09 Å². The van der Waals surface area contributed by atoms with E-state index in [0.29, 0.717) is 0 Å². The van der Waals surface area contributed by atoms with Gasteiger partial charge in [-0.3, -0.25) is 5.32 Å². The molecule has 0 aliphatic carbocycles. The van der Waals surface area contributed by atoms with Crippen LogP contribution in [0.5, 0.6) is 11.5 Å². The fraction of sp³-hybridized carbons (Fsp3) is 0. The number of rotatable bonds is 2. The zero-order valence-corrected chi connectivity index (χ0v) is 7.80. The van der Waals surface area contributed by atoms with Crippen molar-refractivity contribution in [1.82, 2.24) is 0 Å². The van der Waals surface area contributed by atoms with Gasteiger partial charge in [-0.2, -0.15) is 0 Å². The van der Waals surface area contributed by atoms with Gasteiger partial charge in [0, 0.05) is 0 Å². The Labute approximate surface area is 88.5 Å². The second kappa shape index (κ2) is 3.54. The summed E-state index contributed by atoms with van der Waals surface area (Å²) < 4.78 is 9.85. The number of hydrogen-bond acceptors (Lipinski definition) is 5. The van der Waals surface area contributed by atoms with Gasteiger partial charge < -0.3 is 24.2 Å². The second-order valence-electron chi connectivity index (χ2n) is 2.86.